The van der Waals surface area contributed by atoms with Gasteiger partial charge in [-0.3, -0.25) is 4.52 Å². The molecular formula is C15H25O3P. The summed E-state index contributed by atoms with van der Waals surface area (Å²) in [6.07, 6.45) is 3.16. The van der Waals surface area contributed by atoms with Crippen LogP contribution in [0.2, 0.25) is 0 Å². The molecule has 0 bridgehead atoms. The van der Waals surface area contributed by atoms with E-state index in [0.717, 1.165) is 24.8 Å². The number of rotatable bonds is 8. The van der Waals surface area contributed by atoms with E-state index in [1.165, 1.54) is 5.56 Å². The summed E-state index contributed by atoms with van der Waals surface area (Å²) >= 11 is 0. The summed E-state index contributed by atoms with van der Waals surface area (Å²) in [6, 6.07) is 5.76. The van der Waals surface area contributed by atoms with Crippen LogP contribution in [0.4, 0.5) is 0 Å². The Kier molecular flexibility index (Phi) is 6.60. The number of hydrogen-bond donors (Lipinski definition) is 0. The first-order valence-corrected chi connectivity index (χ1v) is 8.74. The molecule has 0 saturated carbocycles. The van der Waals surface area contributed by atoms with Gasteiger partial charge in [-0.1, -0.05) is 26.3 Å². The van der Waals surface area contributed by atoms with E-state index in [4.69, 9.17) is 9.05 Å². The van der Waals surface area contributed by atoms with E-state index in [1.807, 2.05) is 39.0 Å². The fraction of sp³-hybridized carbons (Fsp3) is 0.600. The Morgan fingerprint density at radius 2 is 1.84 bits per heavy atom. The Bertz CT molecular complexity index is 431. The third-order valence-corrected chi connectivity index (χ3v) is 4.93. The van der Waals surface area contributed by atoms with Crippen molar-refractivity contribution in [1.29, 1.82) is 0 Å². The Balaban J connectivity index is 2.80. The molecule has 0 saturated heterocycles. The Hall–Kier alpha value is -0.790. The van der Waals surface area contributed by atoms with Crippen LogP contribution in [0.3, 0.4) is 0 Å². The van der Waals surface area contributed by atoms with Crippen molar-refractivity contribution in [2.75, 3.05) is 12.8 Å². The molecular weight excluding hydrogens is 259 g/mol. The van der Waals surface area contributed by atoms with Gasteiger partial charge in [-0.15, -0.1) is 0 Å². The van der Waals surface area contributed by atoms with Crippen LogP contribution in [0.1, 0.15) is 44.2 Å². The van der Waals surface area contributed by atoms with E-state index in [0.29, 0.717) is 18.5 Å². The molecule has 1 atom stereocenters. The van der Waals surface area contributed by atoms with Crippen molar-refractivity contribution in [2.24, 2.45) is 0 Å². The number of unbranched alkanes of at least 4 members (excludes halogenated alkanes) is 1. The molecule has 0 fully saturated rings. The van der Waals surface area contributed by atoms with Gasteiger partial charge in [0.1, 0.15) is 5.75 Å². The Morgan fingerprint density at radius 1 is 1.11 bits per heavy atom. The van der Waals surface area contributed by atoms with Crippen LogP contribution in [0.15, 0.2) is 18.2 Å². The second-order valence-electron chi connectivity index (χ2n) is 4.86. The van der Waals surface area contributed by atoms with Crippen LogP contribution in [-0.4, -0.2) is 12.8 Å². The number of benzene rings is 1. The fourth-order valence-corrected chi connectivity index (χ4v) is 3.52. The molecule has 3 nitrogen and oxygen atoms in total. The van der Waals surface area contributed by atoms with Crippen molar-refractivity contribution in [2.45, 2.75) is 47.0 Å². The van der Waals surface area contributed by atoms with Crippen LogP contribution in [0.25, 0.3) is 0 Å². The van der Waals surface area contributed by atoms with E-state index in [-0.39, 0.29) is 0 Å². The average molecular weight is 284 g/mol. The van der Waals surface area contributed by atoms with Gasteiger partial charge in [0, 0.05) is 0 Å². The predicted molar refractivity (Wildman–Crippen MR) is 80.2 cm³/mol. The molecule has 1 rings (SSSR count). The first-order valence-electron chi connectivity index (χ1n) is 7.01. The highest BCUT2D eigenvalue weighted by Gasteiger charge is 2.25. The zero-order valence-electron chi connectivity index (χ0n) is 12.4. The molecule has 0 aliphatic carbocycles. The molecule has 1 unspecified atom stereocenters. The molecule has 0 aliphatic rings. The standard InChI is InChI=1S/C15H25O3P/c1-5-7-11-19(16,17-10-6-2)18-15-9-8-13(3)14(4)12-15/h8-9,12H,5-7,10-11H2,1-4H3. The largest absolute Gasteiger partial charge is 0.424 e. The fourth-order valence-electron chi connectivity index (χ4n) is 1.65. The van der Waals surface area contributed by atoms with E-state index in [2.05, 4.69) is 6.92 Å². The summed E-state index contributed by atoms with van der Waals surface area (Å²) in [5.41, 5.74) is 2.33. The van der Waals surface area contributed by atoms with Crippen LogP contribution >= 0.6 is 7.60 Å². The van der Waals surface area contributed by atoms with Crippen LogP contribution in [0, 0.1) is 13.8 Å². The molecule has 108 valence electrons. The second-order valence-corrected chi connectivity index (χ2v) is 6.97. The highest BCUT2D eigenvalue weighted by Crippen LogP contribution is 2.49. The van der Waals surface area contributed by atoms with Crippen molar-refractivity contribution >= 4 is 7.60 Å². The average Bonchev–Trinajstić information content (AvgIpc) is 2.39. The second kappa shape index (κ2) is 7.72. The van der Waals surface area contributed by atoms with Gasteiger partial charge in [-0.25, -0.2) is 4.57 Å². The molecule has 0 aromatic heterocycles. The molecule has 0 radical (unpaired) electrons. The quantitative estimate of drug-likeness (QED) is 0.623. The Morgan fingerprint density at radius 3 is 2.42 bits per heavy atom. The molecule has 0 amide bonds. The van der Waals surface area contributed by atoms with Crippen molar-refractivity contribution in [3.63, 3.8) is 0 Å². The molecule has 1 aromatic rings. The van der Waals surface area contributed by atoms with E-state index in [1.54, 1.807) is 0 Å². The molecule has 1 aromatic carbocycles. The maximum absolute atomic E-state index is 12.7. The highest BCUT2D eigenvalue weighted by atomic mass is 31.2. The number of hydrogen-bond acceptors (Lipinski definition) is 3. The van der Waals surface area contributed by atoms with Gasteiger partial charge < -0.3 is 4.52 Å². The zero-order valence-corrected chi connectivity index (χ0v) is 13.3. The monoisotopic (exact) mass is 284 g/mol. The minimum absolute atomic E-state index is 0.478. The van der Waals surface area contributed by atoms with Gasteiger partial charge in [0.2, 0.25) is 0 Å². The molecule has 4 heteroatoms. The van der Waals surface area contributed by atoms with Crippen molar-refractivity contribution in [3.05, 3.63) is 29.3 Å². The lowest BCUT2D eigenvalue weighted by Gasteiger charge is -2.19. The highest BCUT2D eigenvalue weighted by molar-refractivity contribution is 7.54. The van der Waals surface area contributed by atoms with E-state index >= 15 is 0 Å². The smallest absolute Gasteiger partial charge is 0.379 e. The maximum atomic E-state index is 12.7. The van der Waals surface area contributed by atoms with E-state index < -0.39 is 7.60 Å². The molecule has 0 aliphatic heterocycles. The van der Waals surface area contributed by atoms with Gasteiger partial charge >= 0.3 is 7.60 Å². The minimum atomic E-state index is -3.01. The van der Waals surface area contributed by atoms with Crippen LogP contribution in [-0.2, 0) is 9.09 Å². The maximum Gasteiger partial charge on any atom is 0.379 e. The molecule has 0 N–H and O–H groups in total. The summed E-state index contributed by atoms with van der Waals surface area (Å²) < 4.78 is 23.8. The summed E-state index contributed by atoms with van der Waals surface area (Å²) in [7, 11) is -3.01. The van der Waals surface area contributed by atoms with Gasteiger partial charge in [0.25, 0.3) is 0 Å². The van der Waals surface area contributed by atoms with Crippen molar-refractivity contribution in [1.82, 2.24) is 0 Å². The van der Waals surface area contributed by atoms with Gasteiger partial charge in [0.15, 0.2) is 0 Å². The van der Waals surface area contributed by atoms with Gasteiger partial charge in [0.05, 0.1) is 12.8 Å². The Labute approximate surface area is 116 Å². The lowest BCUT2D eigenvalue weighted by atomic mass is 10.1. The number of aryl methyl sites for hydroxylation is 2. The summed E-state index contributed by atoms with van der Waals surface area (Å²) in [4.78, 5) is 0. The lowest BCUT2D eigenvalue weighted by molar-refractivity contribution is 0.264. The topological polar surface area (TPSA) is 35.5 Å². The molecule has 0 spiro atoms. The van der Waals surface area contributed by atoms with Crippen molar-refractivity contribution < 1.29 is 13.6 Å². The van der Waals surface area contributed by atoms with E-state index in [9.17, 15) is 4.57 Å². The predicted octanol–water partition coefficient (Wildman–Crippen LogP) is 5.10. The van der Waals surface area contributed by atoms with Crippen LogP contribution in [0.5, 0.6) is 5.75 Å². The van der Waals surface area contributed by atoms with Crippen molar-refractivity contribution in [3.8, 4) is 5.75 Å². The third kappa shape index (κ3) is 5.38. The van der Waals surface area contributed by atoms with Crippen LogP contribution < -0.4 is 4.52 Å². The third-order valence-electron chi connectivity index (χ3n) is 3.00. The zero-order chi connectivity index (χ0) is 14.3. The molecule has 19 heavy (non-hydrogen) atoms. The normalized spacial score (nSPS) is 14.1. The van der Waals surface area contributed by atoms with Gasteiger partial charge in [-0.05, 0) is 49.9 Å². The molecule has 0 heterocycles. The lowest BCUT2D eigenvalue weighted by Crippen LogP contribution is -2.04. The SMILES string of the molecule is CCCCP(=O)(OCCC)Oc1ccc(C)c(C)c1. The first-order chi connectivity index (χ1) is 9.00. The summed E-state index contributed by atoms with van der Waals surface area (Å²) in [5, 5.41) is 0. The summed E-state index contributed by atoms with van der Waals surface area (Å²) in [6.45, 7) is 8.61. The van der Waals surface area contributed by atoms with Gasteiger partial charge in [-0.2, -0.15) is 0 Å². The first kappa shape index (κ1) is 16.3. The minimum Gasteiger partial charge on any atom is -0.424 e. The summed E-state index contributed by atoms with van der Waals surface area (Å²) in [5.74, 6) is 0.638.